The zero-order valence-corrected chi connectivity index (χ0v) is 29.7. The summed E-state index contributed by atoms with van der Waals surface area (Å²) in [6.45, 7) is 36.5. The first kappa shape index (κ1) is 36.8. The van der Waals surface area contributed by atoms with Crippen LogP contribution in [0.3, 0.4) is 0 Å². The molecule has 5 nitrogen and oxygen atoms in total. The number of carbonyl (C=O) groups is 1. The third-order valence-corrected chi connectivity index (χ3v) is 18.3. The molecule has 0 saturated heterocycles. The number of ether oxygens (including phenoxy) is 2. The lowest BCUT2D eigenvalue weighted by Crippen LogP contribution is -2.50. The summed E-state index contributed by atoms with van der Waals surface area (Å²) in [5, 5.41) is 0.241. The average Bonchev–Trinajstić information content (AvgIpc) is 2.76. The van der Waals surface area contributed by atoms with E-state index in [9.17, 15) is 4.79 Å². The van der Waals surface area contributed by atoms with Gasteiger partial charge in [-0.2, -0.15) is 0 Å². The van der Waals surface area contributed by atoms with Gasteiger partial charge in [0, 0.05) is 25.4 Å². The summed E-state index contributed by atoms with van der Waals surface area (Å²) in [4.78, 5) is 11.9. The van der Waals surface area contributed by atoms with Crippen LogP contribution in [0.4, 0.5) is 0 Å². The Hall–Kier alpha value is -0.216. The molecule has 0 heterocycles. The first-order chi connectivity index (χ1) is 16.5. The SMILES string of the molecule is CCC(=O)OCC(C)C(O[Si](C)(C)C(C)(C)C)C(C)CC(C)C(O[Si](C)(C)C(C)(C)C)C(C)C(C)OC. The molecule has 0 amide bonds. The van der Waals surface area contributed by atoms with Crippen molar-refractivity contribution in [2.45, 2.75) is 151 Å². The van der Waals surface area contributed by atoms with Crippen LogP contribution in [0.2, 0.25) is 36.3 Å². The van der Waals surface area contributed by atoms with Gasteiger partial charge in [-0.15, -0.1) is 0 Å². The Morgan fingerprint density at radius 3 is 1.51 bits per heavy atom. The van der Waals surface area contributed by atoms with Crippen molar-refractivity contribution in [3.05, 3.63) is 0 Å². The van der Waals surface area contributed by atoms with Gasteiger partial charge in [0.15, 0.2) is 16.6 Å². The molecule has 7 unspecified atom stereocenters. The fourth-order valence-electron chi connectivity index (χ4n) is 4.33. The molecule has 0 spiro atoms. The lowest BCUT2D eigenvalue weighted by Gasteiger charge is -2.46. The Balaban J connectivity index is 6.08. The molecule has 0 aliphatic heterocycles. The van der Waals surface area contributed by atoms with E-state index < -0.39 is 16.6 Å². The van der Waals surface area contributed by atoms with Gasteiger partial charge in [0.05, 0.1) is 24.9 Å². The standard InChI is InChI=1S/C30H64O5Si2/c1-18-26(31)33-20-23(4)27(34-36(14,15)29(7,8)9)21(2)19-22(3)28(24(5)25(6)32-13)35-37(16,17)30(10,11)12/h21-25,27-28H,18-20H2,1-17H3. The van der Waals surface area contributed by atoms with Gasteiger partial charge in [0.2, 0.25) is 0 Å². The Bertz CT molecular complexity index is 680. The van der Waals surface area contributed by atoms with E-state index in [1.54, 1.807) is 7.11 Å². The summed E-state index contributed by atoms with van der Waals surface area (Å²) in [6, 6.07) is 0. The number of carbonyl (C=O) groups excluding carboxylic acids is 1. The van der Waals surface area contributed by atoms with Crippen molar-refractivity contribution in [2.24, 2.45) is 23.7 Å². The zero-order valence-electron chi connectivity index (χ0n) is 27.7. The summed E-state index contributed by atoms with van der Waals surface area (Å²) >= 11 is 0. The predicted octanol–water partition coefficient (Wildman–Crippen LogP) is 8.69. The van der Waals surface area contributed by atoms with Crippen LogP contribution in [0.5, 0.6) is 0 Å². The quantitative estimate of drug-likeness (QED) is 0.148. The van der Waals surface area contributed by atoms with Gasteiger partial charge in [-0.3, -0.25) is 4.79 Å². The Kier molecular flexibility index (Phi) is 14.3. The van der Waals surface area contributed by atoms with Crippen LogP contribution in [-0.4, -0.2) is 54.6 Å². The van der Waals surface area contributed by atoms with Gasteiger partial charge in [-0.25, -0.2) is 0 Å². The maximum atomic E-state index is 11.9. The largest absolute Gasteiger partial charge is 0.465 e. The van der Waals surface area contributed by atoms with Crippen LogP contribution in [0.15, 0.2) is 0 Å². The smallest absolute Gasteiger partial charge is 0.305 e. The van der Waals surface area contributed by atoms with E-state index in [2.05, 4.69) is 102 Å². The summed E-state index contributed by atoms with van der Waals surface area (Å²) in [6.07, 6.45) is 1.59. The molecule has 222 valence electrons. The highest BCUT2D eigenvalue weighted by Gasteiger charge is 2.44. The number of esters is 1. The van der Waals surface area contributed by atoms with E-state index in [-0.39, 0.29) is 52.1 Å². The van der Waals surface area contributed by atoms with Gasteiger partial charge in [0.25, 0.3) is 0 Å². The fraction of sp³-hybridized carbons (Fsp3) is 0.967. The Morgan fingerprint density at radius 2 is 1.14 bits per heavy atom. The second kappa shape index (κ2) is 14.4. The van der Waals surface area contributed by atoms with E-state index >= 15 is 0 Å². The summed E-state index contributed by atoms with van der Waals surface area (Å²) < 4.78 is 25.5. The monoisotopic (exact) mass is 560 g/mol. The molecule has 0 aliphatic carbocycles. The van der Waals surface area contributed by atoms with Crippen molar-refractivity contribution in [3.63, 3.8) is 0 Å². The molecule has 37 heavy (non-hydrogen) atoms. The molecule has 0 fully saturated rings. The molecule has 7 atom stereocenters. The summed E-state index contributed by atoms with van der Waals surface area (Å²) in [5.74, 6) is 0.845. The van der Waals surface area contributed by atoms with Crippen LogP contribution in [0, 0.1) is 23.7 Å². The third kappa shape index (κ3) is 11.1. The lowest BCUT2D eigenvalue weighted by atomic mass is 9.81. The molecule has 0 aromatic carbocycles. The fourth-order valence-corrected chi connectivity index (χ4v) is 7.31. The van der Waals surface area contributed by atoms with Crippen LogP contribution in [0.25, 0.3) is 0 Å². The topological polar surface area (TPSA) is 54.0 Å². The van der Waals surface area contributed by atoms with E-state index in [1.807, 2.05) is 6.92 Å². The molecule has 0 aromatic rings. The first-order valence-corrected chi connectivity index (χ1v) is 20.4. The van der Waals surface area contributed by atoms with Gasteiger partial charge >= 0.3 is 5.97 Å². The highest BCUT2D eigenvalue weighted by Crippen LogP contribution is 2.42. The molecule has 0 radical (unpaired) electrons. The van der Waals surface area contributed by atoms with Crippen LogP contribution in [-0.2, 0) is 23.1 Å². The minimum Gasteiger partial charge on any atom is -0.465 e. The van der Waals surface area contributed by atoms with E-state index in [0.29, 0.717) is 18.9 Å². The number of hydrogen-bond acceptors (Lipinski definition) is 5. The lowest BCUT2D eigenvalue weighted by molar-refractivity contribution is -0.145. The van der Waals surface area contributed by atoms with E-state index in [4.69, 9.17) is 18.3 Å². The highest BCUT2D eigenvalue weighted by molar-refractivity contribution is 6.74. The van der Waals surface area contributed by atoms with Gasteiger partial charge < -0.3 is 18.3 Å². The van der Waals surface area contributed by atoms with Crippen LogP contribution < -0.4 is 0 Å². The molecular weight excluding hydrogens is 496 g/mol. The molecule has 0 saturated carbocycles. The van der Waals surface area contributed by atoms with Crippen molar-refractivity contribution in [1.82, 2.24) is 0 Å². The maximum Gasteiger partial charge on any atom is 0.305 e. The molecule has 0 bridgehead atoms. The summed E-state index contributed by atoms with van der Waals surface area (Å²) in [5.41, 5.74) is 0. The van der Waals surface area contributed by atoms with Crippen molar-refractivity contribution in [2.75, 3.05) is 13.7 Å². The van der Waals surface area contributed by atoms with Crippen molar-refractivity contribution < 1.29 is 23.1 Å². The minimum atomic E-state index is -2.03. The average molecular weight is 561 g/mol. The van der Waals surface area contributed by atoms with Gasteiger partial charge in [0.1, 0.15) is 0 Å². The Morgan fingerprint density at radius 1 is 0.730 bits per heavy atom. The van der Waals surface area contributed by atoms with Gasteiger partial charge in [-0.05, 0) is 61.4 Å². The van der Waals surface area contributed by atoms with Crippen molar-refractivity contribution in [3.8, 4) is 0 Å². The highest BCUT2D eigenvalue weighted by atomic mass is 28.4. The third-order valence-electron chi connectivity index (χ3n) is 9.33. The van der Waals surface area contributed by atoms with E-state index in [1.165, 1.54) is 0 Å². The van der Waals surface area contributed by atoms with Crippen molar-refractivity contribution >= 4 is 22.6 Å². The zero-order chi connectivity index (χ0) is 29.6. The second-order valence-electron chi connectivity index (χ2n) is 14.7. The predicted molar refractivity (Wildman–Crippen MR) is 163 cm³/mol. The molecule has 0 aliphatic rings. The Labute approximate surface area is 233 Å². The molecule has 0 aromatic heterocycles. The molecular formula is C30H64O5Si2. The normalized spacial score (nSPS) is 19.5. The molecule has 7 heteroatoms. The number of methoxy groups -OCH3 is 1. The summed E-state index contributed by atoms with van der Waals surface area (Å²) in [7, 11) is -2.22. The first-order valence-electron chi connectivity index (χ1n) is 14.6. The molecule has 0 N–H and O–H groups in total. The second-order valence-corrected chi connectivity index (χ2v) is 24.2. The number of hydrogen-bond donors (Lipinski definition) is 0. The van der Waals surface area contributed by atoms with E-state index in [0.717, 1.165) is 6.42 Å². The van der Waals surface area contributed by atoms with Crippen LogP contribution >= 0.6 is 0 Å². The van der Waals surface area contributed by atoms with Gasteiger partial charge in [-0.1, -0.05) is 76.2 Å². The maximum absolute atomic E-state index is 11.9. The van der Waals surface area contributed by atoms with Crippen LogP contribution in [0.1, 0.15) is 95.9 Å². The minimum absolute atomic E-state index is 0.0108. The number of rotatable bonds is 15. The van der Waals surface area contributed by atoms with Crippen molar-refractivity contribution in [1.29, 1.82) is 0 Å². The molecule has 0 rings (SSSR count).